The summed E-state index contributed by atoms with van der Waals surface area (Å²) < 4.78 is 11.2. The molecule has 0 spiro atoms. The molecular weight excluding hydrogens is 290 g/mol. The van der Waals surface area contributed by atoms with Crippen molar-refractivity contribution in [2.45, 2.75) is 6.61 Å². The molecule has 2 aromatic rings. The molecule has 0 saturated carbocycles. The fourth-order valence-corrected chi connectivity index (χ4v) is 1.56. The molecule has 0 saturated heterocycles. The smallest absolute Gasteiger partial charge is 0.373 e. The van der Waals surface area contributed by atoms with Crippen LogP contribution >= 0.6 is 15.9 Å². The molecule has 5 nitrogen and oxygen atoms in total. The lowest BCUT2D eigenvalue weighted by Crippen LogP contribution is -1.96. The molecule has 1 N–H and O–H groups in total. The monoisotopic (exact) mass is 297 g/mol. The van der Waals surface area contributed by atoms with E-state index < -0.39 is 5.97 Å². The highest BCUT2D eigenvalue weighted by Crippen LogP contribution is 2.18. The summed E-state index contributed by atoms with van der Waals surface area (Å²) in [4.78, 5) is 14.3. The first kappa shape index (κ1) is 11.7. The topological polar surface area (TPSA) is 72.6 Å². The van der Waals surface area contributed by atoms with Crippen molar-refractivity contribution in [1.82, 2.24) is 4.98 Å². The lowest BCUT2D eigenvalue weighted by Gasteiger charge is -2.03. The minimum atomic E-state index is -1.15. The van der Waals surface area contributed by atoms with Gasteiger partial charge in [-0.3, -0.25) is 0 Å². The number of halogens is 1. The summed E-state index contributed by atoms with van der Waals surface area (Å²) in [5.74, 6) is -0.471. The van der Waals surface area contributed by atoms with E-state index in [0.29, 0.717) is 5.75 Å². The zero-order valence-corrected chi connectivity index (χ0v) is 10.2. The molecule has 1 aromatic heterocycles. The summed E-state index contributed by atoms with van der Waals surface area (Å²) in [5.41, 5.74) is 0. The second kappa shape index (κ2) is 5.01. The lowest BCUT2D eigenvalue weighted by molar-refractivity contribution is 0.0658. The van der Waals surface area contributed by atoms with Crippen LogP contribution in [0.15, 0.2) is 39.4 Å². The first-order chi connectivity index (χ1) is 8.15. The van der Waals surface area contributed by atoms with Gasteiger partial charge in [-0.15, -0.1) is 0 Å². The molecule has 0 fully saturated rings. The molecule has 2 rings (SSSR count). The van der Waals surface area contributed by atoms with Crippen LogP contribution in [0.25, 0.3) is 0 Å². The fourth-order valence-electron chi connectivity index (χ4n) is 1.18. The number of benzene rings is 1. The van der Waals surface area contributed by atoms with Gasteiger partial charge in [-0.2, -0.15) is 0 Å². The number of oxazole rings is 1. The summed E-state index contributed by atoms with van der Waals surface area (Å²) in [6.07, 6.45) is 1.15. The quantitative estimate of drug-likeness (QED) is 0.939. The van der Waals surface area contributed by atoms with Crippen molar-refractivity contribution in [2.24, 2.45) is 0 Å². The number of aromatic carboxylic acids is 1. The van der Waals surface area contributed by atoms with Crippen molar-refractivity contribution < 1.29 is 19.1 Å². The minimum Gasteiger partial charge on any atom is -0.484 e. The number of hydrogen-bond donors (Lipinski definition) is 1. The molecule has 0 bridgehead atoms. The standard InChI is InChI=1S/C11H8BrNO4/c12-7-2-1-3-8(4-7)16-6-10-13-5-9(17-10)11(14)15/h1-5H,6H2,(H,14,15). The van der Waals surface area contributed by atoms with E-state index in [2.05, 4.69) is 20.9 Å². The number of nitrogens with zero attached hydrogens (tertiary/aromatic N) is 1. The van der Waals surface area contributed by atoms with Crippen LogP contribution in [0.3, 0.4) is 0 Å². The van der Waals surface area contributed by atoms with Crippen LogP contribution in [0, 0.1) is 0 Å². The second-order valence-electron chi connectivity index (χ2n) is 3.17. The predicted octanol–water partition coefficient (Wildman–Crippen LogP) is 2.71. The largest absolute Gasteiger partial charge is 0.484 e. The zero-order chi connectivity index (χ0) is 12.3. The van der Waals surface area contributed by atoms with E-state index in [-0.39, 0.29) is 18.3 Å². The van der Waals surface area contributed by atoms with Gasteiger partial charge >= 0.3 is 5.97 Å². The van der Waals surface area contributed by atoms with E-state index in [1.165, 1.54) is 0 Å². The van der Waals surface area contributed by atoms with E-state index in [4.69, 9.17) is 14.3 Å². The van der Waals surface area contributed by atoms with Crippen LogP contribution < -0.4 is 4.74 Å². The maximum absolute atomic E-state index is 10.6. The number of aromatic nitrogens is 1. The van der Waals surface area contributed by atoms with E-state index in [1.807, 2.05) is 12.1 Å². The second-order valence-corrected chi connectivity index (χ2v) is 4.09. The Bertz CT molecular complexity index is 538. The lowest BCUT2D eigenvalue weighted by atomic mass is 10.3. The number of carboxylic acid groups (broad SMARTS) is 1. The van der Waals surface area contributed by atoms with Gasteiger partial charge in [0, 0.05) is 4.47 Å². The van der Waals surface area contributed by atoms with Crippen molar-refractivity contribution in [1.29, 1.82) is 0 Å². The van der Waals surface area contributed by atoms with Gasteiger partial charge in [-0.1, -0.05) is 22.0 Å². The molecule has 88 valence electrons. The predicted molar refractivity (Wildman–Crippen MR) is 61.9 cm³/mol. The Morgan fingerprint density at radius 1 is 1.53 bits per heavy atom. The average Bonchev–Trinajstić information content (AvgIpc) is 2.75. The molecule has 1 heterocycles. The Kier molecular flexibility index (Phi) is 3.43. The first-order valence-corrected chi connectivity index (χ1v) is 5.51. The van der Waals surface area contributed by atoms with Crippen LogP contribution in [0.2, 0.25) is 0 Å². The third kappa shape index (κ3) is 3.07. The summed E-state index contributed by atoms with van der Waals surface area (Å²) >= 11 is 3.31. The number of hydrogen-bond acceptors (Lipinski definition) is 4. The highest BCUT2D eigenvalue weighted by Gasteiger charge is 2.10. The van der Waals surface area contributed by atoms with Crippen molar-refractivity contribution in [2.75, 3.05) is 0 Å². The molecule has 0 radical (unpaired) electrons. The summed E-state index contributed by atoms with van der Waals surface area (Å²) in [6, 6.07) is 7.28. The van der Waals surface area contributed by atoms with E-state index in [1.54, 1.807) is 12.1 Å². The average molecular weight is 298 g/mol. The number of ether oxygens (including phenoxy) is 1. The van der Waals surface area contributed by atoms with Gasteiger partial charge in [0.1, 0.15) is 5.75 Å². The number of carbonyl (C=O) groups is 1. The zero-order valence-electron chi connectivity index (χ0n) is 8.59. The Balaban J connectivity index is 2.00. The molecule has 17 heavy (non-hydrogen) atoms. The van der Waals surface area contributed by atoms with Crippen molar-refractivity contribution in [3.05, 3.63) is 46.6 Å². The first-order valence-electron chi connectivity index (χ1n) is 4.71. The molecule has 6 heteroatoms. The third-order valence-corrected chi connectivity index (χ3v) is 2.42. The van der Waals surface area contributed by atoms with Gasteiger partial charge in [0.05, 0.1) is 6.20 Å². The fraction of sp³-hybridized carbons (Fsp3) is 0.0909. The maximum atomic E-state index is 10.6. The van der Waals surface area contributed by atoms with Crippen molar-refractivity contribution in [3.63, 3.8) is 0 Å². The van der Waals surface area contributed by atoms with Crippen LogP contribution in [0.4, 0.5) is 0 Å². The number of carboxylic acids is 1. The minimum absolute atomic E-state index is 0.0870. The Morgan fingerprint density at radius 3 is 3.00 bits per heavy atom. The van der Waals surface area contributed by atoms with Crippen LogP contribution in [-0.4, -0.2) is 16.1 Å². The highest BCUT2D eigenvalue weighted by atomic mass is 79.9. The Hall–Kier alpha value is -1.82. The van der Waals surface area contributed by atoms with E-state index in [0.717, 1.165) is 10.7 Å². The van der Waals surface area contributed by atoms with Gasteiger partial charge < -0.3 is 14.3 Å². The van der Waals surface area contributed by atoms with Crippen molar-refractivity contribution in [3.8, 4) is 5.75 Å². The van der Waals surface area contributed by atoms with Gasteiger partial charge in [0.2, 0.25) is 11.7 Å². The molecule has 0 amide bonds. The SMILES string of the molecule is O=C(O)c1cnc(COc2cccc(Br)c2)o1. The Labute approximate surface area is 105 Å². The van der Waals surface area contributed by atoms with Crippen LogP contribution in [0.5, 0.6) is 5.75 Å². The van der Waals surface area contributed by atoms with Crippen LogP contribution in [0.1, 0.15) is 16.4 Å². The van der Waals surface area contributed by atoms with Gasteiger partial charge in [0.15, 0.2) is 6.61 Å². The summed E-state index contributed by atoms with van der Waals surface area (Å²) in [7, 11) is 0. The summed E-state index contributed by atoms with van der Waals surface area (Å²) in [5, 5.41) is 8.64. The number of rotatable bonds is 4. The van der Waals surface area contributed by atoms with E-state index >= 15 is 0 Å². The normalized spacial score (nSPS) is 10.2. The highest BCUT2D eigenvalue weighted by molar-refractivity contribution is 9.10. The molecule has 0 aliphatic rings. The van der Waals surface area contributed by atoms with Gasteiger partial charge in [-0.05, 0) is 18.2 Å². The maximum Gasteiger partial charge on any atom is 0.373 e. The Morgan fingerprint density at radius 2 is 2.35 bits per heavy atom. The van der Waals surface area contributed by atoms with Gasteiger partial charge in [0.25, 0.3) is 0 Å². The molecule has 1 aromatic carbocycles. The molecule has 0 aliphatic carbocycles. The van der Waals surface area contributed by atoms with Crippen molar-refractivity contribution >= 4 is 21.9 Å². The molecular formula is C11H8BrNO4. The van der Waals surface area contributed by atoms with Crippen LogP contribution in [-0.2, 0) is 6.61 Å². The molecule has 0 aliphatic heterocycles. The third-order valence-electron chi connectivity index (χ3n) is 1.92. The van der Waals surface area contributed by atoms with Gasteiger partial charge in [-0.25, -0.2) is 9.78 Å². The molecule has 0 unspecified atom stereocenters. The van der Waals surface area contributed by atoms with E-state index in [9.17, 15) is 4.79 Å². The summed E-state index contributed by atoms with van der Waals surface area (Å²) in [6.45, 7) is 0.0870. The molecule has 0 atom stereocenters.